The molecule has 1 aliphatic carbocycles. The second kappa shape index (κ2) is 4.73. The number of carbonyl (C=O) groups excluding carboxylic acids is 2. The lowest BCUT2D eigenvalue weighted by Gasteiger charge is -2.44. The molecule has 2 atom stereocenters. The number of hydrogen-bond acceptors (Lipinski definition) is 4. The molecule has 1 saturated carbocycles. The summed E-state index contributed by atoms with van der Waals surface area (Å²) in [5.41, 5.74) is 0.0561. The molecule has 88 valence electrons. The van der Waals surface area contributed by atoms with Crippen molar-refractivity contribution in [1.82, 2.24) is 0 Å². The smallest absolute Gasteiger partial charge is 0.211 e. The average Bonchev–Trinajstić information content (AvgIpc) is 2.12. The Bertz CT molecular complexity index is 352. The van der Waals surface area contributed by atoms with E-state index in [4.69, 9.17) is 0 Å². The van der Waals surface area contributed by atoms with Gasteiger partial charge in [-0.3, -0.25) is 0 Å². The first-order valence-corrected chi connectivity index (χ1v) is 5.51. The maximum Gasteiger partial charge on any atom is 0.235 e. The topological polar surface area (TPSA) is 58.9 Å². The van der Waals surface area contributed by atoms with E-state index in [0.29, 0.717) is 6.54 Å². The van der Waals surface area contributed by atoms with E-state index in [9.17, 15) is 9.59 Å². The zero-order valence-electron chi connectivity index (χ0n) is 10.1. The first-order valence-electron chi connectivity index (χ1n) is 5.51. The van der Waals surface area contributed by atoms with Gasteiger partial charge in [-0.15, -0.1) is 0 Å². The summed E-state index contributed by atoms with van der Waals surface area (Å²) in [5.74, 6) is 0. The summed E-state index contributed by atoms with van der Waals surface area (Å²) >= 11 is 0. The average molecular weight is 222 g/mol. The van der Waals surface area contributed by atoms with Gasteiger partial charge >= 0.3 is 0 Å². The van der Waals surface area contributed by atoms with Crippen LogP contribution in [0, 0.1) is 10.8 Å². The molecule has 0 aromatic heterocycles. The predicted octanol–water partition coefficient (Wildman–Crippen LogP) is 2.24. The minimum absolute atomic E-state index is 0.00750. The Hall–Kier alpha value is -1.24. The van der Waals surface area contributed by atoms with Gasteiger partial charge in [0.15, 0.2) is 0 Å². The van der Waals surface area contributed by atoms with E-state index in [2.05, 4.69) is 30.8 Å². The zero-order chi connectivity index (χ0) is 12.2. The van der Waals surface area contributed by atoms with Gasteiger partial charge in [-0.2, -0.15) is 0 Å². The molecule has 0 aromatic rings. The highest BCUT2D eigenvalue weighted by Gasteiger charge is 2.41. The van der Waals surface area contributed by atoms with Crippen LogP contribution >= 0.6 is 0 Å². The van der Waals surface area contributed by atoms with Crippen LogP contribution in [-0.4, -0.2) is 24.7 Å². The number of isocyanates is 2. The van der Waals surface area contributed by atoms with Crippen molar-refractivity contribution in [3.63, 3.8) is 0 Å². The van der Waals surface area contributed by atoms with Crippen molar-refractivity contribution in [2.45, 2.75) is 46.1 Å². The third-order valence-corrected chi connectivity index (χ3v) is 3.18. The molecular formula is C12H18N2O2. The summed E-state index contributed by atoms with van der Waals surface area (Å²) in [6.07, 6.45) is 5.88. The molecule has 1 rings (SSSR count). The molecule has 0 aromatic carbocycles. The van der Waals surface area contributed by atoms with E-state index in [1.807, 2.05) is 0 Å². The molecule has 4 nitrogen and oxygen atoms in total. The maximum atomic E-state index is 10.3. The van der Waals surface area contributed by atoms with Gasteiger partial charge < -0.3 is 0 Å². The van der Waals surface area contributed by atoms with Crippen molar-refractivity contribution >= 4 is 12.2 Å². The molecule has 0 spiro atoms. The lowest BCUT2D eigenvalue weighted by molar-refractivity contribution is 0.0915. The molecule has 0 amide bonds. The lowest BCUT2D eigenvalue weighted by Crippen LogP contribution is -2.39. The largest absolute Gasteiger partial charge is 0.235 e. The Morgan fingerprint density at radius 1 is 1.19 bits per heavy atom. The van der Waals surface area contributed by atoms with Crippen LogP contribution in [0.15, 0.2) is 9.98 Å². The summed E-state index contributed by atoms with van der Waals surface area (Å²) < 4.78 is 0. The fourth-order valence-electron chi connectivity index (χ4n) is 3.09. The third kappa shape index (κ3) is 3.41. The fourth-order valence-corrected chi connectivity index (χ4v) is 3.09. The number of aliphatic imine (C=N–C) groups is 2. The molecule has 0 radical (unpaired) electrons. The molecule has 16 heavy (non-hydrogen) atoms. The Kier molecular flexibility index (Phi) is 3.79. The maximum absolute atomic E-state index is 10.3. The summed E-state index contributed by atoms with van der Waals surface area (Å²) in [5, 5.41) is 0. The molecular weight excluding hydrogens is 204 g/mol. The molecule has 0 aliphatic heterocycles. The number of rotatable bonds is 3. The summed E-state index contributed by atoms with van der Waals surface area (Å²) in [6.45, 7) is 6.86. The first-order chi connectivity index (χ1) is 7.41. The van der Waals surface area contributed by atoms with E-state index < -0.39 is 0 Å². The Labute approximate surface area is 95.9 Å². The van der Waals surface area contributed by atoms with E-state index in [0.717, 1.165) is 19.3 Å². The van der Waals surface area contributed by atoms with Gasteiger partial charge in [-0.1, -0.05) is 20.8 Å². The molecule has 0 heterocycles. The van der Waals surface area contributed by atoms with Gasteiger partial charge in [-0.05, 0) is 30.1 Å². The minimum Gasteiger partial charge on any atom is -0.211 e. The van der Waals surface area contributed by atoms with Gasteiger partial charge in [-0.25, -0.2) is 19.6 Å². The van der Waals surface area contributed by atoms with Crippen LogP contribution in [0.4, 0.5) is 0 Å². The third-order valence-electron chi connectivity index (χ3n) is 3.18. The normalized spacial score (nSPS) is 32.3. The minimum atomic E-state index is -0.0653. The van der Waals surface area contributed by atoms with Gasteiger partial charge in [0, 0.05) is 0 Å². The second-order valence-corrected chi connectivity index (χ2v) is 5.84. The van der Waals surface area contributed by atoms with E-state index >= 15 is 0 Å². The van der Waals surface area contributed by atoms with Crippen molar-refractivity contribution in [3.8, 4) is 0 Å². The van der Waals surface area contributed by atoms with Crippen LogP contribution in [0.25, 0.3) is 0 Å². The molecule has 0 N–H and O–H groups in total. The van der Waals surface area contributed by atoms with Crippen LogP contribution in [0.2, 0.25) is 0 Å². The molecule has 1 aliphatic rings. The van der Waals surface area contributed by atoms with Crippen LogP contribution in [0.1, 0.15) is 40.0 Å². The summed E-state index contributed by atoms with van der Waals surface area (Å²) in [6, 6.07) is 0.00750. The van der Waals surface area contributed by atoms with Crippen LogP contribution in [0.3, 0.4) is 0 Å². The molecule has 0 bridgehead atoms. The summed E-state index contributed by atoms with van der Waals surface area (Å²) in [4.78, 5) is 28.0. The number of hydrogen-bond donors (Lipinski definition) is 0. The monoisotopic (exact) mass is 222 g/mol. The SMILES string of the molecule is CC1(C)C[C@@H](N=C=O)C[C@@](C)(CN=C=O)C1. The first kappa shape index (κ1) is 12.8. The van der Waals surface area contributed by atoms with Gasteiger partial charge in [0.05, 0.1) is 12.6 Å². The summed E-state index contributed by atoms with van der Waals surface area (Å²) in [7, 11) is 0. The van der Waals surface area contributed by atoms with Gasteiger partial charge in [0.2, 0.25) is 12.2 Å². The number of nitrogens with zero attached hydrogens (tertiary/aromatic N) is 2. The molecule has 1 fully saturated rings. The quantitative estimate of drug-likeness (QED) is 0.543. The van der Waals surface area contributed by atoms with Crippen LogP contribution in [-0.2, 0) is 9.59 Å². The van der Waals surface area contributed by atoms with E-state index in [1.165, 1.54) is 0 Å². The predicted molar refractivity (Wildman–Crippen MR) is 60.6 cm³/mol. The second-order valence-electron chi connectivity index (χ2n) is 5.84. The molecule has 4 heteroatoms. The zero-order valence-corrected chi connectivity index (χ0v) is 10.1. The highest BCUT2D eigenvalue weighted by atomic mass is 16.1. The Morgan fingerprint density at radius 2 is 1.88 bits per heavy atom. The van der Waals surface area contributed by atoms with Gasteiger partial charge in [0.25, 0.3) is 0 Å². The standard InChI is InChI=1S/C12H18N2O2/c1-11(2)4-10(14-9-16)5-12(3,6-11)7-13-8-15/h10H,4-7H2,1-3H3/t10-,12-/m1/s1. The van der Waals surface area contributed by atoms with Gasteiger partial charge in [0.1, 0.15) is 0 Å². The van der Waals surface area contributed by atoms with Crippen LogP contribution in [0.5, 0.6) is 0 Å². The van der Waals surface area contributed by atoms with Crippen molar-refractivity contribution < 1.29 is 9.59 Å². The van der Waals surface area contributed by atoms with Crippen molar-refractivity contribution in [2.75, 3.05) is 6.54 Å². The molecule has 0 unspecified atom stereocenters. The van der Waals surface area contributed by atoms with Crippen LogP contribution < -0.4 is 0 Å². The van der Waals surface area contributed by atoms with Crippen molar-refractivity contribution in [3.05, 3.63) is 0 Å². The highest BCUT2D eigenvalue weighted by Crippen LogP contribution is 2.47. The Balaban J connectivity index is 2.85. The Morgan fingerprint density at radius 3 is 2.44 bits per heavy atom. The van der Waals surface area contributed by atoms with E-state index in [1.54, 1.807) is 12.2 Å². The molecule has 0 saturated heterocycles. The fraction of sp³-hybridized carbons (Fsp3) is 0.833. The van der Waals surface area contributed by atoms with Crippen molar-refractivity contribution in [2.24, 2.45) is 20.8 Å². The lowest BCUT2D eigenvalue weighted by atomic mass is 9.63. The van der Waals surface area contributed by atoms with Crippen molar-refractivity contribution in [1.29, 1.82) is 0 Å². The van der Waals surface area contributed by atoms with E-state index in [-0.39, 0.29) is 16.9 Å². The highest BCUT2D eigenvalue weighted by molar-refractivity contribution is 5.34.